The Morgan fingerprint density at radius 3 is 2.75 bits per heavy atom. The summed E-state index contributed by atoms with van der Waals surface area (Å²) in [6.07, 6.45) is 0.0595. The van der Waals surface area contributed by atoms with E-state index in [9.17, 15) is 19.5 Å². The molecule has 2 amide bonds. The van der Waals surface area contributed by atoms with Gasteiger partial charge in [0.05, 0.1) is 12.1 Å². The zero-order valence-corrected chi connectivity index (χ0v) is 19.9. The van der Waals surface area contributed by atoms with Crippen LogP contribution < -0.4 is 11.1 Å². The molecule has 2 aromatic rings. The van der Waals surface area contributed by atoms with E-state index in [0.29, 0.717) is 28.3 Å². The summed E-state index contributed by atoms with van der Waals surface area (Å²) < 4.78 is 0.879. The molecule has 0 radical (unpaired) electrons. The van der Waals surface area contributed by atoms with Crippen LogP contribution in [0.3, 0.4) is 0 Å². The van der Waals surface area contributed by atoms with Gasteiger partial charge in [-0.2, -0.15) is 0 Å². The molecule has 4 rings (SSSR count). The monoisotopic (exact) mass is 490 g/mol. The number of anilines is 1. The van der Waals surface area contributed by atoms with E-state index >= 15 is 0 Å². The Morgan fingerprint density at radius 1 is 1.34 bits per heavy atom. The molecule has 0 bridgehead atoms. The minimum absolute atomic E-state index is 0.0223. The van der Waals surface area contributed by atoms with E-state index in [2.05, 4.69) is 10.3 Å². The van der Waals surface area contributed by atoms with Crippen molar-refractivity contribution in [3.63, 3.8) is 0 Å². The Hall–Kier alpha value is -2.50. The van der Waals surface area contributed by atoms with Crippen LogP contribution in [-0.2, 0) is 20.8 Å². The number of hydrogen-bond acceptors (Lipinski definition) is 8. The molecule has 2 atom stereocenters. The van der Waals surface area contributed by atoms with Gasteiger partial charge in [-0.1, -0.05) is 30.0 Å². The van der Waals surface area contributed by atoms with Gasteiger partial charge < -0.3 is 16.2 Å². The van der Waals surface area contributed by atoms with Crippen LogP contribution in [0.1, 0.15) is 16.1 Å². The van der Waals surface area contributed by atoms with Gasteiger partial charge in [-0.25, -0.2) is 9.78 Å². The number of β-lactam (4-membered cyclic amide) rings is 1. The van der Waals surface area contributed by atoms with Crippen molar-refractivity contribution in [3.05, 3.63) is 51.7 Å². The number of thiazole rings is 1. The number of nitrogens with two attached hydrogens (primary N) is 1. The summed E-state index contributed by atoms with van der Waals surface area (Å²) in [5.41, 5.74) is 8.76. The lowest BCUT2D eigenvalue weighted by Crippen LogP contribution is -2.70. The Kier molecular flexibility index (Phi) is 6.50. The predicted octanol–water partition coefficient (Wildman–Crippen LogP) is 2.42. The summed E-state index contributed by atoms with van der Waals surface area (Å²) in [5.74, 6) is -0.935. The molecule has 2 aliphatic rings. The van der Waals surface area contributed by atoms with Gasteiger partial charge in [-0.3, -0.25) is 14.5 Å². The normalized spacial score (nSPS) is 20.1. The fraction of sp³-hybridized carbons (Fsp3) is 0.333. The van der Waals surface area contributed by atoms with E-state index in [1.54, 1.807) is 35.6 Å². The predicted molar refractivity (Wildman–Crippen MR) is 127 cm³/mol. The van der Waals surface area contributed by atoms with Crippen LogP contribution in [0, 0.1) is 13.8 Å². The average Bonchev–Trinajstić information content (AvgIpc) is 3.08. The molecule has 168 valence electrons. The minimum Gasteiger partial charge on any atom is -0.477 e. The summed E-state index contributed by atoms with van der Waals surface area (Å²) >= 11 is 4.52. The highest BCUT2D eigenvalue weighted by atomic mass is 32.2. The lowest BCUT2D eigenvalue weighted by atomic mass is 10.0. The van der Waals surface area contributed by atoms with Crippen molar-refractivity contribution in [2.24, 2.45) is 0 Å². The van der Waals surface area contributed by atoms with Crippen LogP contribution in [0.2, 0.25) is 0 Å². The number of nitrogens with one attached hydrogen (secondary N) is 1. The van der Waals surface area contributed by atoms with E-state index < -0.39 is 23.3 Å². The summed E-state index contributed by atoms with van der Waals surface area (Å²) in [6, 6.07) is 6.32. The summed E-state index contributed by atoms with van der Waals surface area (Å²) in [5, 5.41) is 12.1. The molecule has 1 fully saturated rings. The third kappa shape index (κ3) is 4.37. The van der Waals surface area contributed by atoms with E-state index in [4.69, 9.17) is 5.73 Å². The van der Waals surface area contributed by atoms with Crippen LogP contribution >= 0.6 is 34.9 Å². The molecule has 8 nitrogen and oxygen atoms in total. The first-order valence-corrected chi connectivity index (χ1v) is 12.7. The second-order valence-electron chi connectivity index (χ2n) is 7.50. The molecule has 1 aromatic heterocycles. The Labute approximate surface area is 197 Å². The molecule has 4 N–H and O–H groups in total. The zero-order chi connectivity index (χ0) is 23.0. The second-order valence-corrected chi connectivity index (χ2v) is 11.0. The highest BCUT2D eigenvalue weighted by Crippen LogP contribution is 2.42. The first-order chi connectivity index (χ1) is 15.3. The van der Waals surface area contributed by atoms with Gasteiger partial charge in [0, 0.05) is 22.1 Å². The quantitative estimate of drug-likeness (QED) is 0.307. The van der Waals surface area contributed by atoms with Gasteiger partial charge in [0.1, 0.15) is 17.1 Å². The molecule has 2 aliphatic heterocycles. The number of amides is 2. The van der Waals surface area contributed by atoms with Gasteiger partial charge >= 0.3 is 5.97 Å². The number of benzene rings is 1. The molecule has 0 saturated carbocycles. The number of carbonyl (C=O) groups excluding carboxylic acids is 2. The Morgan fingerprint density at radius 2 is 2.09 bits per heavy atom. The van der Waals surface area contributed by atoms with E-state index in [0.717, 1.165) is 14.9 Å². The maximum absolute atomic E-state index is 12.8. The smallest absolute Gasteiger partial charge is 0.352 e. The third-order valence-electron chi connectivity index (χ3n) is 5.35. The zero-order valence-electron chi connectivity index (χ0n) is 17.5. The van der Waals surface area contributed by atoms with E-state index in [-0.39, 0.29) is 18.0 Å². The highest BCUT2D eigenvalue weighted by Gasteiger charge is 2.54. The molecule has 32 heavy (non-hydrogen) atoms. The number of aryl methyl sites for hydroxylation is 2. The lowest BCUT2D eigenvalue weighted by molar-refractivity contribution is -0.150. The molecule has 1 unspecified atom stereocenters. The minimum atomic E-state index is -1.13. The van der Waals surface area contributed by atoms with Gasteiger partial charge in [0.15, 0.2) is 4.34 Å². The van der Waals surface area contributed by atoms with Crippen molar-refractivity contribution in [3.8, 4) is 0 Å². The largest absolute Gasteiger partial charge is 0.477 e. The van der Waals surface area contributed by atoms with E-state index in [1.807, 2.05) is 13.8 Å². The van der Waals surface area contributed by atoms with Gasteiger partial charge in [0.2, 0.25) is 5.91 Å². The van der Waals surface area contributed by atoms with Crippen LogP contribution in [0.25, 0.3) is 0 Å². The number of rotatable bonds is 7. The first kappa shape index (κ1) is 22.7. The molecule has 3 heterocycles. The summed E-state index contributed by atoms with van der Waals surface area (Å²) in [6.45, 7) is 3.94. The topological polar surface area (TPSA) is 126 Å². The SMILES string of the molecule is Cc1nc(SCC2=C(C(=O)O)N3C(=O)C(NC(=O)Cc4ccccc4N)[C@H]3SC2)sc1C. The molecule has 1 aromatic carbocycles. The number of thioether (sulfide) groups is 2. The number of carbonyl (C=O) groups is 3. The molecule has 11 heteroatoms. The van der Waals surface area contributed by atoms with Crippen molar-refractivity contribution >= 4 is 58.3 Å². The number of nitrogen functional groups attached to an aromatic ring is 1. The van der Waals surface area contributed by atoms with E-state index in [1.165, 1.54) is 28.4 Å². The number of hydrogen-bond donors (Lipinski definition) is 3. The highest BCUT2D eigenvalue weighted by molar-refractivity contribution is 8.01. The number of carboxylic acids is 1. The van der Waals surface area contributed by atoms with Crippen LogP contribution in [0.5, 0.6) is 0 Å². The second kappa shape index (κ2) is 9.16. The maximum atomic E-state index is 12.8. The number of nitrogens with zero attached hydrogens (tertiary/aromatic N) is 2. The average molecular weight is 491 g/mol. The Bertz CT molecular complexity index is 1110. The van der Waals surface area contributed by atoms with Gasteiger partial charge in [0.25, 0.3) is 5.91 Å². The van der Waals surface area contributed by atoms with Crippen molar-refractivity contribution < 1.29 is 19.5 Å². The number of carboxylic acid groups (broad SMARTS) is 1. The molecular weight excluding hydrogens is 468 g/mol. The summed E-state index contributed by atoms with van der Waals surface area (Å²) in [7, 11) is 0. The molecule has 0 spiro atoms. The molecule has 1 saturated heterocycles. The fourth-order valence-electron chi connectivity index (χ4n) is 3.54. The van der Waals surface area contributed by atoms with Crippen molar-refractivity contribution in [2.45, 2.75) is 36.0 Å². The number of aliphatic carboxylic acids is 1. The maximum Gasteiger partial charge on any atom is 0.352 e. The van der Waals surface area contributed by atoms with Crippen LogP contribution in [-0.4, -0.2) is 55.7 Å². The lowest BCUT2D eigenvalue weighted by Gasteiger charge is -2.49. The molecule has 0 aliphatic carbocycles. The fourth-order valence-corrected chi connectivity index (χ4v) is 7.18. The number of para-hydroxylation sites is 1. The Balaban J connectivity index is 1.44. The van der Waals surface area contributed by atoms with Crippen molar-refractivity contribution in [1.82, 2.24) is 15.2 Å². The van der Waals surface area contributed by atoms with Gasteiger partial charge in [-0.15, -0.1) is 23.1 Å². The van der Waals surface area contributed by atoms with Crippen molar-refractivity contribution in [1.29, 1.82) is 0 Å². The first-order valence-electron chi connectivity index (χ1n) is 9.85. The number of aromatic nitrogens is 1. The summed E-state index contributed by atoms with van der Waals surface area (Å²) in [4.78, 5) is 44.2. The van der Waals surface area contributed by atoms with Crippen LogP contribution in [0.4, 0.5) is 5.69 Å². The standard InChI is InChI=1S/C21H22N4O4S3/c1-10-11(2)32-21(23-10)31-9-13-8-30-19-16(18(27)25(19)17(13)20(28)29)24-15(26)7-12-5-3-4-6-14(12)22/h3-6,16,19H,7-9,22H2,1-2H3,(H,24,26)(H,28,29)/t16?,19-/m1/s1. The molecular formula is C21H22N4O4S3. The van der Waals surface area contributed by atoms with Crippen LogP contribution in [0.15, 0.2) is 39.9 Å². The van der Waals surface area contributed by atoms with Gasteiger partial charge in [-0.05, 0) is 31.1 Å². The van der Waals surface area contributed by atoms with Crippen molar-refractivity contribution in [2.75, 3.05) is 17.2 Å². The third-order valence-corrected chi connectivity index (χ3v) is 8.99. The number of fused-ring (bicyclic) bond motifs is 1.